The second-order valence-electron chi connectivity index (χ2n) is 10.8. The zero-order valence-corrected chi connectivity index (χ0v) is 24.0. The Morgan fingerprint density at radius 2 is 1.00 bits per heavy atom. The summed E-state index contributed by atoms with van der Waals surface area (Å²) in [6.45, 7) is 4.71. The van der Waals surface area contributed by atoms with Gasteiger partial charge in [0.2, 0.25) is 11.8 Å². The van der Waals surface area contributed by atoms with Crippen LogP contribution in [0.5, 0.6) is 0 Å². The van der Waals surface area contributed by atoms with Crippen molar-refractivity contribution in [3.63, 3.8) is 0 Å². The van der Waals surface area contributed by atoms with Crippen molar-refractivity contribution in [3.8, 4) is 0 Å². The number of carbonyl (C=O) groups excluding carboxylic acids is 2. The van der Waals surface area contributed by atoms with Gasteiger partial charge in [0.1, 0.15) is 0 Å². The van der Waals surface area contributed by atoms with Gasteiger partial charge in [0.15, 0.2) is 0 Å². The van der Waals surface area contributed by atoms with Crippen molar-refractivity contribution in [1.82, 2.24) is 10.6 Å². The summed E-state index contributed by atoms with van der Waals surface area (Å²) in [5.41, 5.74) is 5.35. The van der Waals surface area contributed by atoms with E-state index >= 15 is 0 Å². The molecule has 0 aromatic heterocycles. The van der Waals surface area contributed by atoms with E-state index in [1.54, 1.807) is 0 Å². The highest BCUT2D eigenvalue weighted by atomic mass is 16.5. The van der Waals surface area contributed by atoms with Crippen LogP contribution < -0.4 is 16.4 Å². The number of rotatable bonds is 25. The lowest BCUT2D eigenvalue weighted by molar-refractivity contribution is -0.124. The number of hydrogen-bond donors (Lipinski definition) is 3. The van der Waals surface area contributed by atoms with E-state index in [0.29, 0.717) is 45.8 Å². The molecule has 0 spiro atoms. The molecule has 0 heterocycles. The van der Waals surface area contributed by atoms with Gasteiger partial charge in [0, 0.05) is 31.5 Å². The molecule has 218 valence electrons. The van der Waals surface area contributed by atoms with Gasteiger partial charge in [0.05, 0.1) is 26.4 Å². The number of ether oxygens (including phenoxy) is 2. The highest BCUT2D eigenvalue weighted by Crippen LogP contribution is 2.19. The second kappa shape index (κ2) is 25.1. The summed E-state index contributed by atoms with van der Waals surface area (Å²) in [7, 11) is 0. The lowest BCUT2D eigenvalue weighted by atomic mass is 9.91. The summed E-state index contributed by atoms with van der Waals surface area (Å²) in [5.74, 6) is 0.229. The van der Waals surface area contributed by atoms with E-state index in [1.165, 1.54) is 77.0 Å². The van der Waals surface area contributed by atoms with Crippen molar-refractivity contribution in [2.24, 2.45) is 5.73 Å². The standard InChI is InChI=1S/C30H59N3O4/c1-2-3-4-5-6-7-8-9-10-11-12-13-14-15-16-29(34)32-27-17-19-28(20-18-27)33-30(35)21-23-36-25-26-37-24-22-31/h27-28H,2-26,31H2,1H3,(H,32,34)(H,33,35). The fourth-order valence-corrected chi connectivity index (χ4v) is 5.03. The van der Waals surface area contributed by atoms with Crippen LogP contribution in [0.1, 0.15) is 135 Å². The molecule has 0 radical (unpaired) electrons. The number of unbranched alkanes of at least 4 members (excludes halogenated alkanes) is 13. The molecule has 7 heteroatoms. The summed E-state index contributed by atoms with van der Waals surface area (Å²) in [4.78, 5) is 24.4. The van der Waals surface area contributed by atoms with Gasteiger partial charge in [-0.05, 0) is 32.1 Å². The summed E-state index contributed by atoms with van der Waals surface area (Å²) in [6.07, 6.45) is 23.4. The number of nitrogens with one attached hydrogen (secondary N) is 2. The Kier molecular flexibility index (Phi) is 23.0. The summed E-state index contributed by atoms with van der Waals surface area (Å²) in [5, 5.41) is 6.32. The zero-order valence-electron chi connectivity index (χ0n) is 24.0. The topological polar surface area (TPSA) is 103 Å². The maximum Gasteiger partial charge on any atom is 0.222 e. The first-order valence-corrected chi connectivity index (χ1v) is 15.6. The van der Waals surface area contributed by atoms with E-state index in [2.05, 4.69) is 17.6 Å². The molecule has 1 aliphatic carbocycles. The predicted octanol–water partition coefficient (Wildman–Crippen LogP) is 5.78. The van der Waals surface area contributed by atoms with Gasteiger partial charge < -0.3 is 25.8 Å². The summed E-state index contributed by atoms with van der Waals surface area (Å²) in [6, 6.07) is 0.462. The van der Waals surface area contributed by atoms with Crippen LogP contribution in [0, 0.1) is 0 Å². The first-order valence-electron chi connectivity index (χ1n) is 15.6. The van der Waals surface area contributed by atoms with Gasteiger partial charge in [0.25, 0.3) is 0 Å². The first-order chi connectivity index (χ1) is 18.2. The Bertz CT molecular complexity index is 539. The van der Waals surface area contributed by atoms with E-state index in [-0.39, 0.29) is 23.9 Å². The van der Waals surface area contributed by atoms with Crippen LogP contribution in [-0.2, 0) is 19.1 Å². The number of hydrogen-bond acceptors (Lipinski definition) is 5. The molecule has 4 N–H and O–H groups in total. The predicted molar refractivity (Wildman–Crippen MR) is 153 cm³/mol. The van der Waals surface area contributed by atoms with Crippen LogP contribution in [0.4, 0.5) is 0 Å². The van der Waals surface area contributed by atoms with Crippen molar-refractivity contribution in [2.45, 2.75) is 147 Å². The summed E-state index contributed by atoms with van der Waals surface area (Å²) >= 11 is 0. The highest BCUT2D eigenvalue weighted by molar-refractivity contribution is 5.76. The molecule has 0 aromatic rings. The van der Waals surface area contributed by atoms with E-state index in [1.807, 2.05) is 0 Å². The van der Waals surface area contributed by atoms with Gasteiger partial charge in [-0.2, -0.15) is 0 Å². The van der Waals surface area contributed by atoms with Crippen LogP contribution in [0.2, 0.25) is 0 Å². The Balaban J connectivity index is 1.89. The van der Waals surface area contributed by atoms with E-state index in [9.17, 15) is 9.59 Å². The molecule has 0 aliphatic heterocycles. The van der Waals surface area contributed by atoms with Crippen LogP contribution in [0.3, 0.4) is 0 Å². The normalized spacial score (nSPS) is 17.6. The monoisotopic (exact) mass is 525 g/mol. The second-order valence-corrected chi connectivity index (χ2v) is 10.8. The zero-order chi connectivity index (χ0) is 26.8. The molecular formula is C30H59N3O4. The van der Waals surface area contributed by atoms with E-state index < -0.39 is 0 Å². The minimum absolute atomic E-state index is 0.0353. The van der Waals surface area contributed by atoms with E-state index in [4.69, 9.17) is 15.2 Å². The van der Waals surface area contributed by atoms with Crippen LogP contribution in [0.25, 0.3) is 0 Å². The molecule has 0 bridgehead atoms. The average Bonchev–Trinajstić information content (AvgIpc) is 2.89. The molecule has 7 nitrogen and oxygen atoms in total. The SMILES string of the molecule is CCCCCCCCCCCCCCCCC(=O)NC1CCC(NC(=O)CCOCCOCCN)CC1. The number of nitrogens with two attached hydrogens (primary N) is 1. The molecule has 1 fully saturated rings. The van der Waals surface area contributed by atoms with Gasteiger partial charge in [-0.15, -0.1) is 0 Å². The van der Waals surface area contributed by atoms with Crippen molar-refractivity contribution in [3.05, 3.63) is 0 Å². The minimum atomic E-state index is 0.0353. The number of amides is 2. The molecule has 0 unspecified atom stereocenters. The third-order valence-corrected chi connectivity index (χ3v) is 7.32. The quantitative estimate of drug-likeness (QED) is 0.131. The largest absolute Gasteiger partial charge is 0.379 e. The molecule has 1 rings (SSSR count). The van der Waals surface area contributed by atoms with Gasteiger partial charge in [-0.3, -0.25) is 9.59 Å². The Labute approximate surface area is 227 Å². The van der Waals surface area contributed by atoms with Crippen molar-refractivity contribution in [1.29, 1.82) is 0 Å². The Morgan fingerprint density at radius 3 is 1.46 bits per heavy atom. The van der Waals surface area contributed by atoms with Crippen molar-refractivity contribution < 1.29 is 19.1 Å². The molecule has 1 aliphatic rings. The molecular weight excluding hydrogens is 466 g/mol. The fraction of sp³-hybridized carbons (Fsp3) is 0.933. The molecule has 1 saturated carbocycles. The van der Waals surface area contributed by atoms with Gasteiger partial charge >= 0.3 is 0 Å². The fourth-order valence-electron chi connectivity index (χ4n) is 5.03. The first kappa shape index (κ1) is 33.8. The molecule has 0 aromatic carbocycles. The van der Waals surface area contributed by atoms with E-state index in [0.717, 1.165) is 38.5 Å². The summed E-state index contributed by atoms with van der Waals surface area (Å²) < 4.78 is 10.7. The van der Waals surface area contributed by atoms with Gasteiger partial charge in [-0.1, -0.05) is 90.4 Å². The van der Waals surface area contributed by atoms with Crippen LogP contribution >= 0.6 is 0 Å². The van der Waals surface area contributed by atoms with Crippen LogP contribution in [-0.4, -0.2) is 56.9 Å². The molecule has 0 atom stereocenters. The van der Waals surface area contributed by atoms with Gasteiger partial charge in [-0.25, -0.2) is 0 Å². The smallest absolute Gasteiger partial charge is 0.222 e. The number of carbonyl (C=O) groups is 2. The third kappa shape index (κ3) is 21.4. The maximum absolute atomic E-state index is 12.3. The van der Waals surface area contributed by atoms with Crippen molar-refractivity contribution >= 4 is 11.8 Å². The maximum atomic E-state index is 12.3. The third-order valence-electron chi connectivity index (χ3n) is 7.32. The average molecular weight is 526 g/mol. The lowest BCUT2D eigenvalue weighted by Gasteiger charge is -2.29. The minimum Gasteiger partial charge on any atom is -0.379 e. The Hall–Kier alpha value is -1.18. The van der Waals surface area contributed by atoms with Crippen molar-refractivity contribution in [2.75, 3.05) is 33.0 Å². The van der Waals surface area contributed by atoms with Crippen LogP contribution in [0.15, 0.2) is 0 Å². The highest BCUT2D eigenvalue weighted by Gasteiger charge is 2.23. The molecule has 37 heavy (non-hydrogen) atoms. The Morgan fingerprint density at radius 1 is 0.595 bits per heavy atom. The molecule has 2 amide bonds. The molecule has 0 saturated heterocycles. The lowest BCUT2D eigenvalue weighted by Crippen LogP contribution is -2.43.